The Hall–Kier alpha value is -1.85. The number of nitrogens with one attached hydrogen (secondary N) is 1. The quantitative estimate of drug-likeness (QED) is 0.890. The van der Waals surface area contributed by atoms with E-state index in [0.717, 1.165) is 23.6 Å². The van der Waals surface area contributed by atoms with Crippen molar-refractivity contribution in [3.05, 3.63) is 29.1 Å². The average molecular weight is 293 g/mol. The molecule has 0 amide bonds. The van der Waals surface area contributed by atoms with E-state index in [2.05, 4.69) is 29.4 Å². The highest BCUT2D eigenvalue weighted by Crippen LogP contribution is 2.18. The zero-order chi connectivity index (χ0) is 15.6. The summed E-state index contributed by atoms with van der Waals surface area (Å²) in [7, 11) is 0. The third-order valence-corrected chi connectivity index (χ3v) is 3.44. The summed E-state index contributed by atoms with van der Waals surface area (Å²) in [6.45, 7) is 11.8. The van der Waals surface area contributed by atoms with Crippen LogP contribution in [0.3, 0.4) is 0 Å². The molecule has 0 saturated heterocycles. The highest BCUT2D eigenvalue weighted by Gasteiger charge is 2.14. The maximum absolute atomic E-state index is 14.1. The molecule has 2 rings (SSSR count). The van der Waals surface area contributed by atoms with Gasteiger partial charge in [-0.15, -0.1) is 0 Å². The lowest BCUT2D eigenvalue weighted by atomic mass is 10.2. The number of hydrogen-bond donors (Lipinski definition) is 1. The van der Waals surface area contributed by atoms with E-state index < -0.39 is 0 Å². The first-order valence-electron chi connectivity index (χ1n) is 7.42. The van der Waals surface area contributed by atoms with Gasteiger partial charge in [-0.05, 0) is 26.7 Å². The van der Waals surface area contributed by atoms with Crippen LogP contribution in [-0.4, -0.2) is 19.6 Å². The second-order valence-electron chi connectivity index (χ2n) is 5.77. The van der Waals surface area contributed by atoms with Gasteiger partial charge in [0.05, 0.1) is 17.1 Å². The molecule has 6 heteroatoms. The Kier molecular flexibility index (Phi) is 4.65. The van der Waals surface area contributed by atoms with E-state index in [4.69, 9.17) is 0 Å². The molecule has 0 aliphatic rings. The predicted molar refractivity (Wildman–Crippen MR) is 81.7 cm³/mol. The van der Waals surface area contributed by atoms with Gasteiger partial charge in [0.2, 0.25) is 5.95 Å². The van der Waals surface area contributed by atoms with Crippen LogP contribution in [0.15, 0.2) is 6.20 Å². The van der Waals surface area contributed by atoms with E-state index in [1.165, 1.54) is 4.68 Å². The highest BCUT2D eigenvalue weighted by molar-refractivity contribution is 5.46. The molecule has 0 aliphatic carbocycles. The second-order valence-corrected chi connectivity index (χ2v) is 5.77. The van der Waals surface area contributed by atoms with Crippen LogP contribution in [0.5, 0.6) is 0 Å². The van der Waals surface area contributed by atoms with E-state index in [1.807, 2.05) is 31.6 Å². The molecule has 1 N–H and O–H groups in total. The summed E-state index contributed by atoms with van der Waals surface area (Å²) < 4.78 is 17.4. The summed E-state index contributed by atoms with van der Waals surface area (Å²) in [6.07, 6.45) is 1.98. The molecule has 21 heavy (non-hydrogen) atoms. The lowest BCUT2D eigenvalue weighted by Crippen LogP contribution is -2.05. The van der Waals surface area contributed by atoms with Crippen LogP contribution in [-0.2, 0) is 19.6 Å². The van der Waals surface area contributed by atoms with Crippen LogP contribution in [0.1, 0.15) is 37.7 Å². The largest absolute Gasteiger partial charge is 0.378 e. The Morgan fingerprint density at radius 1 is 1.24 bits per heavy atom. The molecule has 0 aromatic carbocycles. The van der Waals surface area contributed by atoms with Crippen molar-refractivity contribution in [2.75, 3.05) is 5.32 Å². The van der Waals surface area contributed by atoms with E-state index in [0.29, 0.717) is 24.6 Å². The predicted octanol–water partition coefficient (Wildman–Crippen LogP) is 3.12. The molecule has 2 aromatic rings. The maximum atomic E-state index is 14.1. The van der Waals surface area contributed by atoms with Gasteiger partial charge in [-0.2, -0.15) is 14.6 Å². The van der Waals surface area contributed by atoms with Crippen molar-refractivity contribution in [2.45, 2.75) is 54.3 Å². The molecule has 0 radical (unpaired) electrons. The molecule has 2 aromatic heterocycles. The summed E-state index contributed by atoms with van der Waals surface area (Å²) in [6, 6.07) is 0. The summed E-state index contributed by atoms with van der Waals surface area (Å²) in [5.74, 6) is 0.286. The first-order valence-corrected chi connectivity index (χ1v) is 7.42. The maximum Gasteiger partial charge on any atom is 0.216 e. The molecule has 0 aliphatic heterocycles. The van der Waals surface area contributed by atoms with Crippen molar-refractivity contribution in [1.82, 2.24) is 19.6 Å². The monoisotopic (exact) mass is 293 g/mol. The Morgan fingerprint density at radius 2 is 1.95 bits per heavy atom. The number of halogens is 1. The molecule has 0 fully saturated rings. The van der Waals surface area contributed by atoms with Crippen LogP contribution >= 0.6 is 0 Å². The molecule has 5 nitrogen and oxygen atoms in total. The molecule has 116 valence electrons. The van der Waals surface area contributed by atoms with Crippen molar-refractivity contribution in [3.8, 4) is 0 Å². The zero-order valence-electron chi connectivity index (χ0n) is 13.4. The lowest BCUT2D eigenvalue weighted by molar-refractivity contribution is 0.464. The Morgan fingerprint density at radius 3 is 2.52 bits per heavy atom. The van der Waals surface area contributed by atoms with Gasteiger partial charge in [-0.25, -0.2) is 4.68 Å². The minimum atomic E-state index is -0.255. The normalized spacial score (nSPS) is 11.4. The van der Waals surface area contributed by atoms with Gasteiger partial charge in [0, 0.05) is 31.4 Å². The number of aryl methyl sites for hydroxylation is 3. The van der Waals surface area contributed by atoms with Crippen molar-refractivity contribution >= 4 is 5.69 Å². The smallest absolute Gasteiger partial charge is 0.216 e. The van der Waals surface area contributed by atoms with Crippen molar-refractivity contribution in [3.63, 3.8) is 0 Å². The average Bonchev–Trinajstić information content (AvgIpc) is 2.87. The topological polar surface area (TPSA) is 47.7 Å². The van der Waals surface area contributed by atoms with Crippen LogP contribution in [0.25, 0.3) is 0 Å². The van der Waals surface area contributed by atoms with Gasteiger partial charge in [0.25, 0.3) is 0 Å². The van der Waals surface area contributed by atoms with E-state index in [1.54, 1.807) is 0 Å². The SMILES string of the molecule is CCn1nc(C)c(CNc2cn(CC(C)C)nc2C)c1F. The van der Waals surface area contributed by atoms with Crippen LogP contribution in [0, 0.1) is 25.7 Å². The third-order valence-electron chi connectivity index (χ3n) is 3.44. The molecule has 0 atom stereocenters. The summed E-state index contributed by atoms with van der Waals surface area (Å²) >= 11 is 0. The molecular formula is C15H24FN5. The van der Waals surface area contributed by atoms with Crippen LogP contribution in [0.4, 0.5) is 10.1 Å². The minimum Gasteiger partial charge on any atom is -0.378 e. The van der Waals surface area contributed by atoms with E-state index in [9.17, 15) is 4.39 Å². The van der Waals surface area contributed by atoms with Crippen LogP contribution in [0.2, 0.25) is 0 Å². The van der Waals surface area contributed by atoms with Crippen molar-refractivity contribution in [2.24, 2.45) is 5.92 Å². The Bertz CT molecular complexity index is 612. The van der Waals surface area contributed by atoms with E-state index in [-0.39, 0.29) is 5.95 Å². The molecule has 0 saturated carbocycles. The Labute approximate surface area is 125 Å². The first kappa shape index (κ1) is 15.5. The molecule has 0 bridgehead atoms. The molecule has 0 unspecified atom stereocenters. The van der Waals surface area contributed by atoms with Gasteiger partial charge in [0.1, 0.15) is 0 Å². The van der Waals surface area contributed by atoms with E-state index >= 15 is 0 Å². The second kappa shape index (κ2) is 6.28. The molecule has 2 heterocycles. The lowest BCUT2D eigenvalue weighted by Gasteiger charge is -2.05. The highest BCUT2D eigenvalue weighted by atomic mass is 19.1. The van der Waals surface area contributed by atoms with Crippen molar-refractivity contribution < 1.29 is 4.39 Å². The first-order chi connectivity index (χ1) is 9.92. The zero-order valence-corrected chi connectivity index (χ0v) is 13.4. The fraction of sp³-hybridized carbons (Fsp3) is 0.600. The number of rotatable bonds is 6. The number of nitrogens with zero attached hydrogens (tertiary/aromatic N) is 4. The van der Waals surface area contributed by atoms with Gasteiger partial charge in [-0.3, -0.25) is 4.68 Å². The number of anilines is 1. The van der Waals surface area contributed by atoms with Crippen LogP contribution < -0.4 is 5.32 Å². The van der Waals surface area contributed by atoms with Crippen molar-refractivity contribution in [1.29, 1.82) is 0 Å². The summed E-state index contributed by atoms with van der Waals surface area (Å²) in [5, 5.41) is 11.9. The standard InChI is InChI=1S/C15H24FN5/c1-6-21-15(16)13(11(4)19-21)7-17-14-9-20(8-10(2)3)18-12(14)5/h9-10,17H,6-8H2,1-5H3. The fourth-order valence-corrected chi connectivity index (χ4v) is 2.34. The molecule has 0 spiro atoms. The number of aromatic nitrogens is 4. The summed E-state index contributed by atoms with van der Waals surface area (Å²) in [4.78, 5) is 0. The molecular weight excluding hydrogens is 269 g/mol. The van der Waals surface area contributed by atoms with Gasteiger partial charge < -0.3 is 5.32 Å². The Balaban J connectivity index is 2.10. The van der Waals surface area contributed by atoms with Gasteiger partial charge in [-0.1, -0.05) is 13.8 Å². The van der Waals surface area contributed by atoms with Gasteiger partial charge >= 0.3 is 0 Å². The van der Waals surface area contributed by atoms with Gasteiger partial charge in [0.15, 0.2) is 0 Å². The minimum absolute atomic E-state index is 0.255. The summed E-state index contributed by atoms with van der Waals surface area (Å²) in [5.41, 5.74) is 3.22. The number of hydrogen-bond acceptors (Lipinski definition) is 3. The third kappa shape index (κ3) is 3.43. The fourth-order valence-electron chi connectivity index (χ4n) is 2.34.